The topological polar surface area (TPSA) is 94.5 Å². The van der Waals surface area contributed by atoms with Crippen LogP contribution in [0.3, 0.4) is 0 Å². The number of benzene rings is 2. The zero-order valence-electron chi connectivity index (χ0n) is 20.2. The number of nitrogens with zero attached hydrogens (tertiary/aromatic N) is 1. The molecule has 0 bridgehead atoms. The van der Waals surface area contributed by atoms with Crippen LogP contribution in [0.5, 0.6) is 17.2 Å². The van der Waals surface area contributed by atoms with Gasteiger partial charge in [-0.2, -0.15) is 0 Å². The smallest absolute Gasteiger partial charge is 0.295 e. The van der Waals surface area contributed by atoms with E-state index in [1.807, 2.05) is 13.8 Å². The maximum atomic E-state index is 13.2. The molecule has 0 aromatic heterocycles. The number of methoxy groups -OCH3 is 3. The Morgan fingerprint density at radius 2 is 1.74 bits per heavy atom. The number of aliphatic hydroxyl groups excluding tert-OH is 1. The minimum Gasteiger partial charge on any atom is -0.507 e. The van der Waals surface area contributed by atoms with Gasteiger partial charge < -0.3 is 29.0 Å². The van der Waals surface area contributed by atoms with Crippen molar-refractivity contribution in [2.24, 2.45) is 0 Å². The van der Waals surface area contributed by atoms with Crippen LogP contribution in [0.4, 0.5) is 0 Å². The Kier molecular flexibility index (Phi) is 8.17. The fourth-order valence-corrected chi connectivity index (χ4v) is 3.96. The Morgan fingerprint density at radius 3 is 2.38 bits per heavy atom. The minimum absolute atomic E-state index is 0.00949. The molecule has 0 saturated carbocycles. The van der Waals surface area contributed by atoms with Gasteiger partial charge in [-0.25, -0.2) is 0 Å². The average molecular weight is 470 g/mol. The van der Waals surface area contributed by atoms with Crippen molar-refractivity contribution in [3.63, 3.8) is 0 Å². The van der Waals surface area contributed by atoms with E-state index in [4.69, 9.17) is 18.9 Å². The van der Waals surface area contributed by atoms with E-state index in [1.54, 1.807) is 42.5 Å². The molecular weight excluding hydrogens is 438 g/mol. The molecule has 182 valence electrons. The molecule has 1 saturated heterocycles. The van der Waals surface area contributed by atoms with Crippen LogP contribution in [0.1, 0.15) is 37.4 Å². The summed E-state index contributed by atoms with van der Waals surface area (Å²) in [5.74, 6) is -0.195. The molecule has 1 heterocycles. The van der Waals surface area contributed by atoms with Crippen molar-refractivity contribution in [3.8, 4) is 17.2 Å². The molecule has 1 unspecified atom stereocenters. The zero-order valence-corrected chi connectivity index (χ0v) is 20.2. The Bertz CT molecular complexity index is 1080. The van der Waals surface area contributed by atoms with Crippen molar-refractivity contribution in [2.75, 3.05) is 34.5 Å². The molecule has 3 rings (SSSR count). The van der Waals surface area contributed by atoms with Crippen LogP contribution in [-0.2, 0) is 14.3 Å². The Balaban J connectivity index is 2.10. The van der Waals surface area contributed by atoms with Gasteiger partial charge in [0.25, 0.3) is 11.7 Å². The molecule has 8 nitrogen and oxygen atoms in total. The predicted molar refractivity (Wildman–Crippen MR) is 127 cm³/mol. The summed E-state index contributed by atoms with van der Waals surface area (Å²) in [7, 11) is 4.56. The lowest BCUT2D eigenvalue weighted by Gasteiger charge is -2.26. The quantitative estimate of drug-likeness (QED) is 0.244. The third kappa shape index (κ3) is 5.17. The number of rotatable bonds is 10. The minimum atomic E-state index is -0.801. The van der Waals surface area contributed by atoms with Gasteiger partial charge in [0, 0.05) is 18.7 Å². The number of carbonyl (C=O) groups is 2. The molecule has 1 aliphatic rings. The number of hydrogen-bond donors (Lipinski definition) is 1. The van der Waals surface area contributed by atoms with Crippen LogP contribution in [0, 0.1) is 0 Å². The lowest BCUT2D eigenvalue weighted by molar-refractivity contribution is -0.140. The van der Waals surface area contributed by atoms with Gasteiger partial charge in [0.05, 0.1) is 39.0 Å². The van der Waals surface area contributed by atoms with Crippen molar-refractivity contribution in [3.05, 3.63) is 59.2 Å². The number of hydrogen-bond acceptors (Lipinski definition) is 7. The second-order valence-electron chi connectivity index (χ2n) is 8.11. The molecule has 1 aliphatic heterocycles. The highest BCUT2D eigenvalue weighted by molar-refractivity contribution is 6.46. The SMILES string of the molecule is COc1cccc(/C(O)=C2/C(=O)C(=O)N(CCCOC(C)C)C2c2ccc(OC)c(OC)c2)c1. The van der Waals surface area contributed by atoms with Crippen molar-refractivity contribution in [1.82, 2.24) is 4.90 Å². The largest absolute Gasteiger partial charge is 0.507 e. The van der Waals surface area contributed by atoms with Gasteiger partial charge in [-0.15, -0.1) is 0 Å². The third-order valence-corrected chi connectivity index (χ3v) is 5.60. The van der Waals surface area contributed by atoms with Crippen LogP contribution in [0.25, 0.3) is 5.76 Å². The summed E-state index contributed by atoms with van der Waals surface area (Å²) >= 11 is 0. The summed E-state index contributed by atoms with van der Waals surface area (Å²) in [6.07, 6.45) is 0.596. The maximum absolute atomic E-state index is 13.2. The highest BCUT2D eigenvalue weighted by Crippen LogP contribution is 2.42. The van der Waals surface area contributed by atoms with E-state index in [9.17, 15) is 14.7 Å². The molecule has 1 fully saturated rings. The second kappa shape index (κ2) is 11.1. The first-order valence-electron chi connectivity index (χ1n) is 11.1. The Morgan fingerprint density at radius 1 is 1.00 bits per heavy atom. The molecular formula is C26H31NO7. The highest BCUT2D eigenvalue weighted by atomic mass is 16.5. The van der Waals surface area contributed by atoms with E-state index >= 15 is 0 Å². The number of carbonyl (C=O) groups excluding carboxylic acids is 2. The number of ether oxygens (including phenoxy) is 4. The van der Waals surface area contributed by atoms with Gasteiger partial charge in [0.1, 0.15) is 11.5 Å². The van der Waals surface area contributed by atoms with Crippen LogP contribution < -0.4 is 14.2 Å². The standard InChI is InChI=1S/C26H31NO7/c1-16(2)34-13-7-12-27-23(17-10-11-20(32-4)21(15-17)33-5)22(25(29)26(27)30)24(28)18-8-6-9-19(14-18)31-3/h6,8-11,14-16,23,28H,7,12-13H2,1-5H3/b24-22-. The molecule has 34 heavy (non-hydrogen) atoms. The van der Waals surface area contributed by atoms with Crippen molar-refractivity contribution in [2.45, 2.75) is 32.4 Å². The van der Waals surface area contributed by atoms with Gasteiger partial charge in [-0.3, -0.25) is 9.59 Å². The molecule has 0 radical (unpaired) electrons. The normalized spacial score (nSPS) is 17.4. The maximum Gasteiger partial charge on any atom is 0.295 e. The van der Waals surface area contributed by atoms with Crippen molar-refractivity contribution >= 4 is 17.4 Å². The lowest BCUT2D eigenvalue weighted by Crippen LogP contribution is -2.31. The second-order valence-corrected chi connectivity index (χ2v) is 8.11. The van der Waals surface area contributed by atoms with E-state index in [-0.39, 0.29) is 24.0 Å². The zero-order chi connectivity index (χ0) is 24.8. The third-order valence-electron chi connectivity index (χ3n) is 5.60. The van der Waals surface area contributed by atoms with E-state index < -0.39 is 17.7 Å². The van der Waals surface area contributed by atoms with Crippen LogP contribution in [-0.4, -0.2) is 62.3 Å². The van der Waals surface area contributed by atoms with Gasteiger partial charge in [-0.1, -0.05) is 18.2 Å². The number of aliphatic hydroxyl groups is 1. The van der Waals surface area contributed by atoms with E-state index in [1.165, 1.54) is 26.2 Å². The van der Waals surface area contributed by atoms with Crippen molar-refractivity contribution in [1.29, 1.82) is 0 Å². The van der Waals surface area contributed by atoms with Gasteiger partial charge >= 0.3 is 0 Å². The fraction of sp³-hybridized carbons (Fsp3) is 0.385. The Hall–Kier alpha value is -3.52. The lowest BCUT2D eigenvalue weighted by atomic mass is 9.95. The molecule has 1 amide bonds. The van der Waals surface area contributed by atoms with E-state index in [0.29, 0.717) is 41.4 Å². The Labute approximate surface area is 199 Å². The number of ketones is 1. The highest BCUT2D eigenvalue weighted by Gasteiger charge is 2.46. The molecule has 1 N–H and O–H groups in total. The van der Waals surface area contributed by atoms with Gasteiger partial charge in [0.2, 0.25) is 0 Å². The monoisotopic (exact) mass is 469 g/mol. The van der Waals surface area contributed by atoms with Gasteiger partial charge in [-0.05, 0) is 50.1 Å². The molecule has 8 heteroatoms. The number of amides is 1. The first-order chi connectivity index (χ1) is 16.3. The molecule has 2 aromatic rings. The molecule has 1 atom stereocenters. The van der Waals surface area contributed by atoms with Gasteiger partial charge in [0.15, 0.2) is 11.5 Å². The summed E-state index contributed by atoms with van der Waals surface area (Å²) in [6, 6.07) is 11.1. The molecule has 0 spiro atoms. The summed E-state index contributed by atoms with van der Waals surface area (Å²) in [6.45, 7) is 4.59. The summed E-state index contributed by atoms with van der Waals surface area (Å²) in [4.78, 5) is 27.7. The van der Waals surface area contributed by atoms with Crippen LogP contribution >= 0.6 is 0 Å². The van der Waals surface area contributed by atoms with E-state index in [2.05, 4.69) is 0 Å². The fourth-order valence-electron chi connectivity index (χ4n) is 3.96. The van der Waals surface area contributed by atoms with E-state index in [0.717, 1.165) is 0 Å². The predicted octanol–water partition coefficient (Wildman–Crippen LogP) is 3.95. The summed E-state index contributed by atoms with van der Waals surface area (Å²) < 4.78 is 21.6. The van der Waals surface area contributed by atoms with Crippen molar-refractivity contribution < 1.29 is 33.6 Å². The summed E-state index contributed by atoms with van der Waals surface area (Å²) in [5, 5.41) is 11.2. The van der Waals surface area contributed by atoms with Crippen LogP contribution in [0.15, 0.2) is 48.0 Å². The first-order valence-corrected chi connectivity index (χ1v) is 11.1. The average Bonchev–Trinajstić information content (AvgIpc) is 3.10. The summed E-state index contributed by atoms with van der Waals surface area (Å²) in [5.41, 5.74) is 1.01. The first kappa shape index (κ1) is 25.1. The molecule has 0 aliphatic carbocycles. The number of Topliss-reactive ketones (excluding diaryl/α,β-unsaturated/α-hetero) is 1. The molecule has 2 aromatic carbocycles. The van der Waals surface area contributed by atoms with Crippen LogP contribution in [0.2, 0.25) is 0 Å². The number of likely N-dealkylation sites (tertiary alicyclic amines) is 1.